The molecule has 12 nitrogen and oxygen atoms in total. The molecule has 0 fully saturated rings. The van der Waals surface area contributed by atoms with Crippen LogP contribution >= 0.6 is 0 Å². The van der Waals surface area contributed by atoms with Crippen LogP contribution in [-0.2, 0) is 13.1 Å². The Kier molecular flexibility index (Phi) is 6.76. The fourth-order valence-electron chi connectivity index (χ4n) is 3.80. The molecule has 0 atom stereocenters. The molecule has 0 spiro atoms. The molecule has 2 aromatic carbocycles. The van der Waals surface area contributed by atoms with Gasteiger partial charge in [0.25, 0.3) is 5.95 Å². The van der Waals surface area contributed by atoms with Gasteiger partial charge in [0.15, 0.2) is 5.75 Å². The number of phenols is 1. The maximum absolute atomic E-state index is 11.7. The molecule has 12 heteroatoms. The maximum atomic E-state index is 11.7. The van der Waals surface area contributed by atoms with Crippen molar-refractivity contribution in [3.63, 3.8) is 0 Å². The molecule has 0 aliphatic carbocycles. The van der Waals surface area contributed by atoms with Gasteiger partial charge in [-0.05, 0) is 35.7 Å². The fraction of sp³-hybridized carbons (Fsp3) is 0.0769. The Balaban J connectivity index is 1.54. The van der Waals surface area contributed by atoms with Crippen LogP contribution in [0.4, 0.5) is 23.5 Å². The number of nitrogen functional groups attached to an aromatic ring is 1. The van der Waals surface area contributed by atoms with Crippen LogP contribution in [0.2, 0.25) is 0 Å². The van der Waals surface area contributed by atoms with Crippen LogP contribution in [0.3, 0.4) is 0 Å². The predicted molar refractivity (Wildman–Crippen MR) is 139 cm³/mol. The number of fused-ring (bicyclic) bond motifs is 1. The molecule has 0 radical (unpaired) electrons. The predicted octanol–water partition coefficient (Wildman–Crippen LogP) is 4.42. The van der Waals surface area contributed by atoms with Gasteiger partial charge in [0.05, 0.1) is 24.5 Å². The first-order valence-corrected chi connectivity index (χ1v) is 11.4. The van der Waals surface area contributed by atoms with Gasteiger partial charge in [-0.2, -0.15) is 15.0 Å². The lowest BCUT2D eigenvalue weighted by atomic mass is 10.0. The molecule has 5 aromatic rings. The summed E-state index contributed by atoms with van der Waals surface area (Å²) < 4.78 is 0. The van der Waals surface area contributed by atoms with E-state index < -0.39 is 11.7 Å². The zero-order valence-electron chi connectivity index (χ0n) is 19.9. The molecule has 0 aliphatic heterocycles. The number of aromatic hydroxyl groups is 1. The highest BCUT2D eigenvalue weighted by atomic mass is 16.4. The molecule has 4 N–H and O–H groups in total. The molecule has 188 valence electrons. The van der Waals surface area contributed by atoms with Gasteiger partial charge >= 0.3 is 5.97 Å². The van der Waals surface area contributed by atoms with Crippen molar-refractivity contribution >= 4 is 40.3 Å². The minimum Gasteiger partial charge on any atom is -0.505 e. The van der Waals surface area contributed by atoms with E-state index in [9.17, 15) is 15.0 Å². The van der Waals surface area contributed by atoms with Gasteiger partial charge in [-0.1, -0.05) is 36.4 Å². The fourth-order valence-corrected chi connectivity index (χ4v) is 3.80. The van der Waals surface area contributed by atoms with E-state index in [2.05, 4.69) is 35.1 Å². The van der Waals surface area contributed by atoms with E-state index in [-0.39, 0.29) is 29.1 Å². The lowest BCUT2D eigenvalue weighted by molar-refractivity contribution is 0.0694. The van der Waals surface area contributed by atoms with Crippen LogP contribution in [0.5, 0.6) is 5.75 Å². The van der Waals surface area contributed by atoms with Gasteiger partial charge in [0.1, 0.15) is 11.3 Å². The minimum absolute atomic E-state index is 0.0279. The molecule has 0 amide bonds. The number of carboxylic acids is 1. The minimum atomic E-state index is -1.30. The first kappa shape index (κ1) is 24.2. The molecule has 0 saturated heterocycles. The smallest absolute Gasteiger partial charge is 0.339 e. The number of hydrogen-bond donors (Lipinski definition) is 3. The monoisotopic (exact) mass is 507 g/mol. The van der Waals surface area contributed by atoms with Crippen molar-refractivity contribution in [1.29, 1.82) is 0 Å². The van der Waals surface area contributed by atoms with Gasteiger partial charge in [-0.3, -0.25) is 9.97 Å². The Labute approximate surface area is 216 Å². The van der Waals surface area contributed by atoms with E-state index in [0.717, 1.165) is 11.4 Å². The summed E-state index contributed by atoms with van der Waals surface area (Å²) in [6, 6.07) is 19.4. The van der Waals surface area contributed by atoms with Gasteiger partial charge in [-0.15, -0.1) is 10.2 Å². The summed E-state index contributed by atoms with van der Waals surface area (Å²) in [7, 11) is 0. The lowest BCUT2D eigenvalue weighted by Crippen LogP contribution is -2.25. The third kappa shape index (κ3) is 5.33. The number of carboxylic acid groups (broad SMARTS) is 1. The summed E-state index contributed by atoms with van der Waals surface area (Å²) in [6.07, 6.45) is 3.38. The Morgan fingerprint density at radius 1 is 0.868 bits per heavy atom. The number of rotatable bonds is 8. The average Bonchev–Trinajstić information content (AvgIpc) is 2.92. The third-order valence-electron chi connectivity index (χ3n) is 5.53. The quantitative estimate of drug-likeness (QED) is 0.255. The van der Waals surface area contributed by atoms with Crippen LogP contribution in [-0.4, -0.2) is 41.1 Å². The normalized spacial score (nSPS) is 11.2. The van der Waals surface area contributed by atoms with Gasteiger partial charge < -0.3 is 20.8 Å². The van der Waals surface area contributed by atoms with Crippen molar-refractivity contribution in [3.05, 3.63) is 96.1 Å². The first-order chi connectivity index (χ1) is 18.5. The number of nitrogens with two attached hydrogens (primary N) is 1. The molecule has 3 aromatic heterocycles. The molecule has 3 heterocycles. The van der Waals surface area contributed by atoms with Crippen LogP contribution in [0, 0.1) is 0 Å². The molecule has 5 rings (SSSR count). The topological polar surface area (TPSA) is 176 Å². The second-order valence-electron chi connectivity index (χ2n) is 8.14. The summed E-state index contributed by atoms with van der Waals surface area (Å²) in [6.45, 7) is 0.701. The van der Waals surface area contributed by atoms with E-state index in [1.165, 1.54) is 6.07 Å². The van der Waals surface area contributed by atoms with Crippen molar-refractivity contribution in [2.45, 2.75) is 13.1 Å². The first-order valence-electron chi connectivity index (χ1n) is 11.4. The van der Waals surface area contributed by atoms with Crippen molar-refractivity contribution < 1.29 is 15.0 Å². The number of carbonyl (C=O) groups is 1. The molecule has 0 unspecified atom stereocenters. The van der Waals surface area contributed by atoms with Crippen molar-refractivity contribution in [2.75, 3.05) is 10.6 Å². The Hall–Kier alpha value is -5.52. The molecule has 0 bridgehead atoms. The lowest BCUT2D eigenvalue weighted by Gasteiger charge is -2.22. The van der Waals surface area contributed by atoms with Gasteiger partial charge in [-0.25, -0.2) is 4.79 Å². The summed E-state index contributed by atoms with van der Waals surface area (Å²) in [5.41, 5.74) is 7.20. The zero-order valence-corrected chi connectivity index (χ0v) is 19.9. The van der Waals surface area contributed by atoms with E-state index in [0.29, 0.717) is 23.9 Å². The van der Waals surface area contributed by atoms with Crippen LogP contribution < -0.4 is 10.6 Å². The van der Waals surface area contributed by atoms with Gasteiger partial charge in [0, 0.05) is 17.8 Å². The van der Waals surface area contributed by atoms with Crippen molar-refractivity contribution in [3.8, 4) is 5.75 Å². The largest absolute Gasteiger partial charge is 0.505 e. The van der Waals surface area contributed by atoms with E-state index in [4.69, 9.17) is 5.73 Å². The second kappa shape index (κ2) is 10.6. The van der Waals surface area contributed by atoms with Crippen LogP contribution in [0.15, 0.2) is 89.4 Å². The van der Waals surface area contributed by atoms with E-state index in [1.807, 2.05) is 41.3 Å². The van der Waals surface area contributed by atoms with E-state index >= 15 is 0 Å². The van der Waals surface area contributed by atoms with E-state index in [1.54, 1.807) is 36.7 Å². The highest BCUT2D eigenvalue weighted by Crippen LogP contribution is 2.39. The highest BCUT2D eigenvalue weighted by molar-refractivity contribution is 6.04. The number of nitrogens with zero attached hydrogens (tertiary/aromatic N) is 8. The van der Waals surface area contributed by atoms with Crippen LogP contribution in [0.25, 0.3) is 10.8 Å². The summed E-state index contributed by atoms with van der Waals surface area (Å²) in [5, 5.41) is 29.4. The van der Waals surface area contributed by atoms with Crippen molar-refractivity contribution in [1.82, 2.24) is 24.9 Å². The number of aromatic carboxylic acids is 1. The summed E-state index contributed by atoms with van der Waals surface area (Å²) in [5.74, 6) is -1.81. The number of azo groups is 1. The second-order valence-corrected chi connectivity index (χ2v) is 8.14. The molecule has 0 saturated carbocycles. The summed E-state index contributed by atoms with van der Waals surface area (Å²) >= 11 is 0. The highest BCUT2D eigenvalue weighted by Gasteiger charge is 2.19. The third-order valence-corrected chi connectivity index (χ3v) is 5.53. The van der Waals surface area contributed by atoms with Crippen LogP contribution in [0.1, 0.15) is 21.7 Å². The molecular weight excluding hydrogens is 486 g/mol. The number of benzene rings is 2. The molecule has 38 heavy (non-hydrogen) atoms. The maximum Gasteiger partial charge on any atom is 0.339 e. The number of pyridine rings is 2. The average molecular weight is 508 g/mol. The number of hydrogen-bond acceptors (Lipinski definition) is 11. The van der Waals surface area contributed by atoms with Gasteiger partial charge in [0.2, 0.25) is 11.9 Å². The standard InChI is InChI=1S/C26H21N9O3/c27-24-30-25(34-33-21-19-10-2-1-7-16(19)13-20(22(21)36)23(37)38)32-26(31-24)35(14-17-8-3-5-11-28-17)15-18-9-4-6-12-29-18/h1-13,36H,14-15H2,(H,37,38)(H2,27,30,31,32). The Bertz CT molecular complexity index is 1590. The molecule has 0 aliphatic rings. The Morgan fingerprint density at radius 3 is 2.16 bits per heavy atom. The SMILES string of the molecule is Nc1nc(N=Nc2c(O)c(C(=O)O)cc3ccccc23)nc(N(Cc2ccccn2)Cc2ccccn2)n1. The Morgan fingerprint density at radius 2 is 1.53 bits per heavy atom. The zero-order chi connectivity index (χ0) is 26.5. The summed E-state index contributed by atoms with van der Waals surface area (Å²) in [4.78, 5) is 35.0. The molecular formula is C26H21N9O3. The van der Waals surface area contributed by atoms with Crippen molar-refractivity contribution in [2.24, 2.45) is 10.2 Å². The number of aromatic nitrogens is 5. The number of anilines is 2.